The highest BCUT2D eigenvalue weighted by Gasteiger charge is 2.58. The van der Waals surface area contributed by atoms with Crippen molar-refractivity contribution in [3.63, 3.8) is 0 Å². The molecule has 0 aliphatic heterocycles. The molecule has 1 fully saturated rings. The van der Waals surface area contributed by atoms with Crippen molar-refractivity contribution in [3.8, 4) is 6.07 Å². The Kier molecular flexibility index (Phi) is 7.69. The molecule has 2 N–H and O–H groups in total. The van der Waals surface area contributed by atoms with E-state index in [9.17, 15) is 0 Å². The second-order valence-electron chi connectivity index (χ2n) is 7.06. The minimum Gasteiger partial charge on any atom is -0.378 e. The van der Waals surface area contributed by atoms with E-state index in [0.717, 1.165) is 24.5 Å². The molecule has 1 aliphatic rings. The van der Waals surface area contributed by atoms with Gasteiger partial charge < -0.3 is 15.4 Å². The summed E-state index contributed by atoms with van der Waals surface area (Å²) in [5.74, 6) is 0.818. The maximum absolute atomic E-state index is 8.85. The minimum atomic E-state index is -0.102. The van der Waals surface area contributed by atoms with Crippen molar-refractivity contribution in [2.45, 2.75) is 52.3 Å². The first-order valence-electron chi connectivity index (χ1n) is 8.45. The normalized spacial score (nSPS) is 24.5. The molecule has 0 amide bonds. The lowest BCUT2D eigenvalue weighted by atomic mass is 9.56. The van der Waals surface area contributed by atoms with Gasteiger partial charge in [-0.2, -0.15) is 5.26 Å². The highest BCUT2D eigenvalue weighted by atomic mass is 127. The highest BCUT2D eigenvalue weighted by Crippen LogP contribution is 2.51. The van der Waals surface area contributed by atoms with Crippen LogP contribution in [0.5, 0.6) is 0 Å². The lowest BCUT2D eigenvalue weighted by Gasteiger charge is -2.59. The van der Waals surface area contributed by atoms with Gasteiger partial charge in [0, 0.05) is 25.1 Å². The van der Waals surface area contributed by atoms with Gasteiger partial charge in [-0.05, 0) is 38.0 Å². The minimum absolute atomic E-state index is 0. The third kappa shape index (κ3) is 4.64. The SMILES string of the molecule is CCNC(=NCc1ccc(C#N)cc1)NC1CC(C)(OC)C1(C)C.I. The topological polar surface area (TPSA) is 69.4 Å². The highest BCUT2D eigenvalue weighted by molar-refractivity contribution is 14.0. The fraction of sp³-hybridized carbons (Fsp3) is 0.579. The summed E-state index contributed by atoms with van der Waals surface area (Å²) in [6.07, 6.45) is 0.956. The van der Waals surface area contributed by atoms with Gasteiger partial charge in [0.2, 0.25) is 0 Å². The quantitative estimate of drug-likeness (QED) is 0.405. The number of nitriles is 1. The van der Waals surface area contributed by atoms with Gasteiger partial charge in [0.15, 0.2) is 5.96 Å². The fourth-order valence-electron chi connectivity index (χ4n) is 3.06. The molecule has 1 aliphatic carbocycles. The Morgan fingerprint density at radius 2 is 1.96 bits per heavy atom. The Balaban J connectivity index is 0.00000312. The van der Waals surface area contributed by atoms with Crippen LogP contribution in [0, 0.1) is 16.7 Å². The Morgan fingerprint density at radius 3 is 2.44 bits per heavy atom. The third-order valence-electron chi connectivity index (χ3n) is 5.44. The van der Waals surface area contributed by atoms with Gasteiger partial charge >= 0.3 is 0 Å². The summed E-state index contributed by atoms with van der Waals surface area (Å²) in [5.41, 5.74) is 1.69. The number of halogens is 1. The molecular formula is C19H29IN4O. The van der Waals surface area contributed by atoms with Crippen molar-refractivity contribution in [1.29, 1.82) is 5.26 Å². The van der Waals surface area contributed by atoms with Gasteiger partial charge in [-0.1, -0.05) is 26.0 Å². The van der Waals surface area contributed by atoms with Gasteiger partial charge in [0.05, 0.1) is 23.8 Å². The van der Waals surface area contributed by atoms with Crippen molar-refractivity contribution in [2.24, 2.45) is 10.4 Å². The van der Waals surface area contributed by atoms with Crippen LogP contribution in [0.4, 0.5) is 0 Å². The van der Waals surface area contributed by atoms with Gasteiger partial charge in [0.1, 0.15) is 0 Å². The van der Waals surface area contributed by atoms with Crippen molar-refractivity contribution < 1.29 is 4.74 Å². The maximum Gasteiger partial charge on any atom is 0.191 e. The molecule has 1 aromatic rings. The molecule has 2 atom stereocenters. The molecule has 0 heterocycles. The zero-order valence-electron chi connectivity index (χ0n) is 15.7. The molecule has 138 valence electrons. The molecule has 0 radical (unpaired) electrons. The number of guanidine groups is 1. The first kappa shape index (κ1) is 21.7. The molecule has 1 aromatic carbocycles. The largest absolute Gasteiger partial charge is 0.378 e. The Morgan fingerprint density at radius 1 is 1.32 bits per heavy atom. The monoisotopic (exact) mass is 456 g/mol. The van der Waals surface area contributed by atoms with E-state index in [1.807, 2.05) is 24.3 Å². The van der Waals surface area contributed by atoms with E-state index in [0.29, 0.717) is 18.2 Å². The molecule has 1 saturated carbocycles. The number of benzene rings is 1. The van der Waals surface area contributed by atoms with E-state index < -0.39 is 0 Å². The molecular weight excluding hydrogens is 427 g/mol. The zero-order chi connectivity index (χ0) is 17.8. The lowest BCUT2D eigenvalue weighted by Crippen LogP contribution is -2.69. The summed E-state index contributed by atoms with van der Waals surface area (Å²) < 4.78 is 5.69. The molecule has 0 bridgehead atoms. The van der Waals surface area contributed by atoms with Crippen LogP contribution in [0.1, 0.15) is 45.2 Å². The van der Waals surface area contributed by atoms with E-state index in [1.54, 1.807) is 7.11 Å². The van der Waals surface area contributed by atoms with Crippen LogP contribution < -0.4 is 10.6 Å². The van der Waals surface area contributed by atoms with Crippen LogP contribution in [0.25, 0.3) is 0 Å². The van der Waals surface area contributed by atoms with E-state index in [-0.39, 0.29) is 35.0 Å². The van der Waals surface area contributed by atoms with Crippen molar-refractivity contribution in [3.05, 3.63) is 35.4 Å². The number of aliphatic imine (C=N–C) groups is 1. The Hall–Kier alpha value is -1.33. The summed E-state index contributed by atoms with van der Waals surface area (Å²) in [5, 5.41) is 15.7. The van der Waals surface area contributed by atoms with Crippen molar-refractivity contribution >= 4 is 29.9 Å². The molecule has 5 nitrogen and oxygen atoms in total. The summed E-state index contributed by atoms with van der Waals surface area (Å²) >= 11 is 0. The lowest BCUT2D eigenvalue weighted by molar-refractivity contribution is -0.176. The number of hydrogen-bond donors (Lipinski definition) is 2. The van der Waals surface area contributed by atoms with Crippen LogP contribution in [0.15, 0.2) is 29.3 Å². The average molecular weight is 456 g/mol. The molecule has 0 aromatic heterocycles. The number of hydrogen-bond acceptors (Lipinski definition) is 3. The van der Waals surface area contributed by atoms with Crippen LogP contribution in [-0.4, -0.2) is 31.3 Å². The van der Waals surface area contributed by atoms with Gasteiger partial charge in [-0.25, -0.2) is 4.99 Å². The first-order valence-corrected chi connectivity index (χ1v) is 8.45. The first-order chi connectivity index (χ1) is 11.4. The van der Waals surface area contributed by atoms with E-state index >= 15 is 0 Å². The van der Waals surface area contributed by atoms with Gasteiger partial charge in [-0.3, -0.25) is 0 Å². The average Bonchev–Trinajstić information content (AvgIpc) is 2.59. The van der Waals surface area contributed by atoms with Gasteiger partial charge in [0.25, 0.3) is 0 Å². The molecule has 25 heavy (non-hydrogen) atoms. The standard InChI is InChI=1S/C19H28N4O.HI/c1-6-21-17(22-13-15-9-7-14(12-20)8-10-15)23-16-11-19(4,24-5)18(16,2)3;/h7-10,16H,6,11,13H2,1-5H3,(H2,21,22,23);1H. The van der Waals surface area contributed by atoms with Crippen LogP contribution in [-0.2, 0) is 11.3 Å². The second kappa shape index (κ2) is 8.86. The number of ether oxygens (including phenoxy) is 1. The van der Waals surface area contributed by atoms with E-state index in [2.05, 4.69) is 49.4 Å². The number of nitrogens with one attached hydrogen (secondary N) is 2. The summed E-state index contributed by atoms with van der Waals surface area (Å²) in [6, 6.07) is 9.99. The fourth-order valence-corrected chi connectivity index (χ4v) is 3.06. The van der Waals surface area contributed by atoms with Crippen LogP contribution in [0.2, 0.25) is 0 Å². The summed E-state index contributed by atoms with van der Waals surface area (Å²) in [6.45, 7) is 10.1. The van der Waals surface area contributed by atoms with Gasteiger partial charge in [-0.15, -0.1) is 24.0 Å². The summed E-state index contributed by atoms with van der Waals surface area (Å²) in [7, 11) is 1.78. The number of methoxy groups -OCH3 is 1. The molecule has 2 rings (SSSR count). The molecule has 2 unspecified atom stereocenters. The van der Waals surface area contributed by atoms with Crippen LogP contribution in [0.3, 0.4) is 0 Å². The van der Waals surface area contributed by atoms with Crippen molar-refractivity contribution in [2.75, 3.05) is 13.7 Å². The molecule has 0 spiro atoms. The number of rotatable bonds is 5. The van der Waals surface area contributed by atoms with Crippen molar-refractivity contribution in [1.82, 2.24) is 10.6 Å². The predicted molar refractivity (Wildman–Crippen MR) is 112 cm³/mol. The summed E-state index contributed by atoms with van der Waals surface area (Å²) in [4.78, 5) is 4.67. The third-order valence-corrected chi connectivity index (χ3v) is 5.44. The smallest absolute Gasteiger partial charge is 0.191 e. The second-order valence-corrected chi connectivity index (χ2v) is 7.06. The van der Waals surface area contributed by atoms with E-state index in [4.69, 9.17) is 10.00 Å². The molecule has 6 heteroatoms. The van der Waals surface area contributed by atoms with Crippen LogP contribution >= 0.6 is 24.0 Å². The Bertz CT molecular complexity index is 636. The maximum atomic E-state index is 8.85. The predicted octanol–water partition coefficient (Wildman–Crippen LogP) is 3.43. The molecule has 0 saturated heterocycles. The van der Waals surface area contributed by atoms with E-state index in [1.165, 1.54) is 0 Å². The zero-order valence-corrected chi connectivity index (χ0v) is 18.0. The Labute approximate surface area is 168 Å². The number of nitrogens with zero attached hydrogens (tertiary/aromatic N) is 2.